The first-order chi connectivity index (χ1) is 8.40. The first-order valence-electron chi connectivity index (χ1n) is 5.58. The smallest absolute Gasteiger partial charge is 0.191 e. The molecule has 0 saturated carbocycles. The molecule has 0 aliphatic rings. The predicted octanol–water partition coefficient (Wildman–Crippen LogP) is 0.766. The Morgan fingerprint density at radius 2 is 2.11 bits per heavy atom. The van der Waals surface area contributed by atoms with Gasteiger partial charge in [-0.25, -0.2) is 8.42 Å². The van der Waals surface area contributed by atoms with Crippen molar-refractivity contribution in [3.8, 4) is 0 Å². The Labute approximate surface area is 112 Å². The van der Waals surface area contributed by atoms with Crippen LogP contribution < -0.4 is 10.6 Å². The van der Waals surface area contributed by atoms with Gasteiger partial charge in [-0.3, -0.25) is 4.99 Å². The average molecular weight is 289 g/mol. The summed E-state index contributed by atoms with van der Waals surface area (Å²) in [7, 11) is -1.27. The zero-order valence-corrected chi connectivity index (χ0v) is 12.5. The van der Waals surface area contributed by atoms with Crippen LogP contribution in [0.4, 0.5) is 0 Å². The molecule has 1 rings (SSSR count). The summed E-state index contributed by atoms with van der Waals surface area (Å²) in [5.74, 6) is 0.718. The van der Waals surface area contributed by atoms with Crippen LogP contribution in [-0.4, -0.2) is 40.0 Å². The highest BCUT2D eigenvalue weighted by Crippen LogP contribution is 2.14. The van der Waals surface area contributed by atoms with Gasteiger partial charge in [0, 0.05) is 29.6 Å². The van der Waals surface area contributed by atoms with Gasteiger partial charge in [0.25, 0.3) is 0 Å². The average Bonchev–Trinajstić information content (AvgIpc) is 2.67. The fraction of sp³-hybridized carbons (Fsp3) is 0.545. The maximum absolute atomic E-state index is 11.0. The van der Waals surface area contributed by atoms with Crippen molar-refractivity contribution in [3.63, 3.8) is 0 Å². The third-order valence-electron chi connectivity index (χ3n) is 2.21. The van der Waals surface area contributed by atoms with Crippen LogP contribution >= 0.6 is 11.3 Å². The third kappa shape index (κ3) is 6.02. The summed E-state index contributed by atoms with van der Waals surface area (Å²) in [5, 5.41) is 6.11. The number of aliphatic imine (C=N–C) groups is 1. The van der Waals surface area contributed by atoms with Gasteiger partial charge in [-0.15, -0.1) is 11.3 Å². The number of nitrogens with one attached hydrogen (secondary N) is 2. The van der Waals surface area contributed by atoms with Crippen LogP contribution in [0.2, 0.25) is 0 Å². The van der Waals surface area contributed by atoms with Crippen molar-refractivity contribution in [1.29, 1.82) is 0 Å². The molecule has 1 heterocycles. The number of sulfone groups is 1. The first-order valence-corrected chi connectivity index (χ1v) is 8.46. The number of guanidine groups is 1. The number of aryl methyl sites for hydroxylation is 1. The van der Waals surface area contributed by atoms with Crippen LogP contribution in [0.5, 0.6) is 0 Å². The Kier molecular flexibility index (Phi) is 5.61. The SMILES string of the molecule is CN=C(NCCS(C)(=O)=O)NCc1ccc(C)s1. The number of hydrogen-bond acceptors (Lipinski definition) is 4. The minimum Gasteiger partial charge on any atom is -0.355 e. The normalized spacial score (nSPS) is 12.5. The summed E-state index contributed by atoms with van der Waals surface area (Å²) in [5.41, 5.74) is 0. The molecule has 0 bridgehead atoms. The quantitative estimate of drug-likeness (QED) is 0.620. The number of nitrogens with zero attached hydrogens (tertiary/aromatic N) is 1. The van der Waals surface area contributed by atoms with E-state index < -0.39 is 9.84 Å². The van der Waals surface area contributed by atoms with E-state index in [1.165, 1.54) is 16.0 Å². The van der Waals surface area contributed by atoms with Gasteiger partial charge in [0.1, 0.15) is 9.84 Å². The van der Waals surface area contributed by atoms with E-state index in [4.69, 9.17) is 0 Å². The van der Waals surface area contributed by atoms with Gasteiger partial charge in [0.15, 0.2) is 5.96 Å². The maximum Gasteiger partial charge on any atom is 0.191 e. The van der Waals surface area contributed by atoms with Crippen molar-refractivity contribution in [2.24, 2.45) is 4.99 Å². The molecule has 0 atom stereocenters. The molecule has 0 saturated heterocycles. The van der Waals surface area contributed by atoms with E-state index in [1.54, 1.807) is 18.4 Å². The van der Waals surface area contributed by atoms with Crippen LogP contribution in [0.25, 0.3) is 0 Å². The molecule has 0 aliphatic carbocycles. The fourth-order valence-electron chi connectivity index (χ4n) is 1.33. The van der Waals surface area contributed by atoms with Crippen LogP contribution in [0.1, 0.15) is 9.75 Å². The van der Waals surface area contributed by atoms with Gasteiger partial charge >= 0.3 is 0 Å². The molecule has 18 heavy (non-hydrogen) atoms. The van der Waals surface area contributed by atoms with Crippen molar-refractivity contribution in [1.82, 2.24) is 10.6 Å². The Bertz CT molecular complexity index is 506. The Hall–Kier alpha value is -1.08. The largest absolute Gasteiger partial charge is 0.355 e. The fourth-order valence-corrected chi connectivity index (χ4v) is 2.63. The summed E-state index contributed by atoms with van der Waals surface area (Å²) in [6, 6.07) is 4.14. The molecule has 0 unspecified atom stereocenters. The molecule has 1 aromatic rings. The molecule has 0 radical (unpaired) electrons. The first kappa shape index (κ1) is 15.0. The van der Waals surface area contributed by atoms with Gasteiger partial charge < -0.3 is 10.6 Å². The minimum atomic E-state index is -2.94. The summed E-state index contributed by atoms with van der Waals surface area (Å²) in [6.45, 7) is 3.12. The monoisotopic (exact) mass is 289 g/mol. The summed E-state index contributed by atoms with van der Waals surface area (Å²) in [4.78, 5) is 6.52. The molecule has 1 aromatic heterocycles. The highest BCUT2D eigenvalue weighted by molar-refractivity contribution is 7.90. The molecule has 2 N–H and O–H groups in total. The molecule has 0 spiro atoms. The molecule has 5 nitrogen and oxygen atoms in total. The van der Waals surface area contributed by atoms with Crippen molar-refractivity contribution in [3.05, 3.63) is 21.9 Å². The van der Waals surface area contributed by atoms with E-state index in [0.29, 0.717) is 19.0 Å². The molecule has 7 heteroatoms. The highest BCUT2D eigenvalue weighted by Gasteiger charge is 2.03. The van der Waals surface area contributed by atoms with Gasteiger partial charge in [-0.2, -0.15) is 0 Å². The second-order valence-corrected chi connectivity index (χ2v) is 7.63. The van der Waals surface area contributed by atoms with E-state index in [0.717, 1.165) is 0 Å². The predicted molar refractivity (Wildman–Crippen MR) is 77.0 cm³/mol. The van der Waals surface area contributed by atoms with Crippen LogP contribution in [-0.2, 0) is 16.4 Å². The Balaban J connectivity index is 2.35. The molecular weight excluding hydrogens is 270 g/mol. The van der Waals surface area contributed by atoms with Gasteiger partial charge in [0.05, 0.1) is 12.3 Å². The zero-order valence-electron chi connectivity index (χ0n) is 10.9. The number of rotatable bonds is 5. The van der Waals surface area contributed by atoms with E-state index in [9.17, 15) is 8.42 Å². The maximum atomic E-state index is 11.0. The van der Waals surface area contributed by atoms with Gasteiger partial charge in [-0.05, 0) is 19.1 Å². The van der Waals surface area contributed by atoms with E-state index in [2.05, 4.69) is 34.7 Å². The standard InChI is InChI=1S/C11H19N3O2S2/c1-9-4-5-10(17-9)8-14-11(12-2)13-6-7-18(3,15)16/h4-5H,6-8H2,1-3H3,(H2,12,13,14). The number of thiophene rings is 1. The molecule has 0 fully saturated rings. The van der Waals surface area contributed by atoms with Crippen molar-refractivity contribution < 1.29 is 8.42 Å². The summed E-state index contributed by atoms with van der Waals surface area (Å²) < 4.78 is 22.0. The second kappa shape index (κ2) is 6.75. The lowest BCUT2D eigenvalue weighted by molar-refractivity contribution is 0.600. The topological polar surface area (TPSA) is 70.6 Å². The highest BCUT2D eigenvalue weighted by atomic mass is 32.2. The van der Waals surface area contributed by atoms with Gasteiger partial charge in [0.2, 0.25) is 0 Å². The van der Waals surface area contributed by atoms with E-state index in [1.807, 2.05) is 0 Å². The third-order valence-corrected chi connectivity index (χ3v) is 4.16. The molecule has 0 amide bonds. The lowest BCUT2D eigenvalue weighted by Crippen LogP contribution is -2.38. The van der Waals surface area contributed by atoms with E-state index >= 15 is 0 Å². The Morgan fingerprint density at radius 1 is 1.39 bits per heavy atom. The molecule has 0 aliphatic heterocycles. The second-order valence-electron chi connectivity index (χ2n) is 3.99. The van der Waals surface area contributed by atoms with Crippen LogP contribution in [0, 0.1) is 6.92 Å². The van der Waals surface area contributed by atoms with Gasteiger partial charge in [-0.1, -0.05) is 0 Å². The molecule has 102 valence electrons. The lowest BCUT2D eigenvalue weighted by Gasteiger charge is -2.10. The number of hydrogen-bond donors (Lipinski definition) is 2. The van der Waals surface area contributed by atoms with Crippen molar-refractivity contribution in [2.45, 2.75) is 13.5 Å². The zero-order chi connectivity index (χ0) is 13.6. The minimum absolute atomic E-state index is 0.103. The molecule has 0 aromatic carbocycles. The summed E-state index contributed by atoms with van der Waals surface area (Å²) >= 11 is 1.73. The summed E-state index contributed by atoms with van der Waals surface area (Å²) in [6.07, 6.45) is 1.22. The van der Waals surface area contributed by atoms with Crippen molar-refractivity contribution in [2.75, 3.05) is 25.6 Å². The van der Waals surface area contributed by atoms with Crippen molar-refractivity contribution >= 4 is 27.1 Å². The lowest BCUT2D eigenvalue weighted by atomic mass is 10.4. The van der Waals surface area contributed by atoms with E-state index in [-0.39, 0.29) is 5.75 Å². The van der Waals surface area contributed by atoms with Crippen LogP contribution in [0.15, 0.2) is 17.1 Å². The van der Waals surface area contributed by atoms with Crippen LogP contribution in [0.3, 0.4) is 0 Å². The Morgan fingerprint density at radius 3 is 2.61 bits per heavy atom. The molecular formula is C11H19N3O2S2.